The predicted molar refractivity (Wildman–Crippen MR) is 102 cm³/mol. The highest BCUT2D eigenvalue weighted by Crippen LogP contribution is 2.28. The lowest BCUT2D eigenvalue weighted by atomic mass is 10.1. The molecule has 0 saturated heterocycles. The van der Waals surface area contributed by atoms with Crippen molar-refractivity contribution >= 4 is 16.8 Å². The van der Waals surface area contributed by atoms with Crippen LogP contribution in [-0.4, -0.2) is 20.4 Å². The van der Waals surface area contributed by atoms with Crippen LogP contribution in [0, 0.1) is 19.7 Å². The fourth-order valence-corrected chi connectivity index (χ4v) is 3.34. The minimum Gasteiger partial charge on any atom is -0.365 e. The summed E-state index contributed by atoms with van der Waals surface area (Å²) in [4.78, 5) is 21.2. The maximum absolute atomic E-state index is 13.7. The van der Waals surface area contributed by atoms with Crippen molar-refractivity contribution in [2.24, 2.45) is 5.73 Å². The van der Waals surface area contributed by atoms with Crippen LogP contribution in [0.25, 0.3) is 28.1 Å². The third kappa shape index (κ3) is 2.85. The summed E-state index contributed by atoms with van der Waals surface area (Å²) in [6.07, 6.45) is 0. The Morgan fingerprint density at radius 1 is 1.04 bits per heavy atom. The van der Waals surface area contributed by atoms with Crippen LogP contribution in [0.15, 0.2) is 54.6 Å². The van der Waals surface area contributed by atoms with Crippen molar-refractivity contribution in [3.8, 4) is 17.2 Å². The number of hydrogen-bond donors (Lipinski definition) is 1. The van der Waals surface area contributed by atoms with Gasteiger partial charge in [0.05, 0.1) is 11.2 Å². The zero-order valence-electron chi connectivity index (χ0n) is 14.9. The molecule has 0 atom stereocenters. The van der Waals surface area contributed by atoms with E-state index in [0.717, 1.165) is 16.6 Å². The van der Waals surface area contributed by atoms with Crippen molar-refractivity contribution in [3.05, 3.63) is 77.4 Å². The van der Waals surface area contributed by atoms with E-state index in [1.807, 2.05) is 41.8 Å². The summed E-state index contributed by atoms with van der Waals surface area (Å²) in [5.41, 5.74) is 8.67. The topological polar surface area (TPSA) is 73.8 Å². The molecule has 6 heteroatoms. The second-order valence-electron chi connectivity index (χ2n) is 6.39. The number of carbonyl (C=O) groups is 1. The van der Waals surface area contributed by atoms with Gasteiger partial charge in [-0.2, -0.15) is 0 Å². The fourth-order valence-electron chi connectivity index (χ4n) is 3.34. The number of hydrogen-bond acceptors (Lipinski definition) is 3. The monoisotopic (exact) mass is 360 g/mol. The highest BCUT2D eigenvalue weighted by atomic mass is 19.1. The van der Waals surface area contributed by atoms with Crippen LogP contribution in [0.2, 0.25) is 0 Å². The quantitative estimate of drug-likeness (QED) is 0.601. The Morgan fingerprint density at radius 3 is 2.56 bits per heavy atom. The smallest absolute Gasteiger partial charge is 0.254 e. The van der Waals surface area contributed by atoms with Crippen molar-refractivity contribution in [1.82, 2.24) is 14.5 Å². The molecule has 2 aromatic carbocycles. The number of nitrogens with zero attached hydrogens (tertiary/aromatic N) is 3. The molecule has 0 bridgehead atoms. The number of primary amides is 1. The van der Waals surface area contributed by atoms with Crippen LogP contribution in [0.1, 0.15) is 21.7 Å². The van der Waals surface area contributed by atoms with Gasteiger partial charge in [-0.05, 0) is 38.1 Å². The van der Waals surface area contributed by atoms with Crippen molar-refractivity contribution < 1.29 is 9.18 Å². The van der Waals surface area contributed by atoms with Crippen LogP contribution in [0.5, 0.6) is 0 Å². The van der Waals surface area contributed by atoms with Crippen molar-refractivity contribution in [1.29, 1.82) is 0 Å². The van der Waals surface area contributed by atoms with Crippen LogP contribution >= 0.6 is 0 Å². The molecule has 1 amide bonds. The molecule has 0 fully saturated rings. The standard InChI is InChI=1S/C21H17FN4O/c1-12-10-14-6-3-4-9-17(14)26(12)21-18(19(23)27)13(2)24-20(25-21)15-7-5-8-16(22)11-15/h3-11H,1-2H3,(H2,23,27). The Labute approximate surface area is 155 Å². The number of carbonyl (C=O) groups excluding carboxylic acids is 1. The normalized spacial score (nSPS) is 11.1. The van der Waals surface area contributed by atoms with E-state index >= 15 is 0 Å². The first kappa shape index (κ1) is 16.9. The van der Waals surface area contributed by atoms with E-state index in [9.17, 15) is 9.18 Å². The highest BCUT2D eigenvalue weighted by Gasteiger charge is 2.21. The number of rotatable bonds is 3. The average molecular weight is 360 g/mol. The number of para-hydroxylation sites is 1. The minimum absolute atomic E-state index is 0.250. The Kier molecular flexibility index (Phi) is 3.96. The van der Waals surface area contributed by atoms with Gasteiger partial charge in [0, 0.05) is 16.6 Å². The summed E-state index contributed by atoms with van der Waals surface area (Å²) in [5, 5.41) is 1.02. The van der Waals surface area contributed by atoms with Gasteiger partial charge in [-0.25, -0.2) is 14.4 Å². The average Bonchev–Trinajstić information content (AvgIpc) is 2.96. The van der Waals surface area contributed by atoms with Gasteiger partial charge in [0.15, 0.2) is 11.6 Å². The first-order chi connectivity index (χ1) is 13.0. The zero-order valence-corrected chi connectivity index (χ0v) is 14.9. The molecule has 2 aromatic heterocycles. The SMILES string of the molecule is Cc1nc(-c2cccc(F)c2)nc(-n2c(C)cc3ccccc32)c1C(N)=O. The van der Waals surface area contributed by atoms with Crippen LogP contribution in [-0.2, 0) is 0 Å². The Balaban J connectivity index is 2.06. The number of aromatic nitrogens is 3. The maximum Gasteiger partial charge on any atom is 0.254 e. The molecule has 2 N–H and O–H groups in total. The number of benzene rings is 2. The molecule has 4 aromatic rings. The van der Waals surface area contributed by atoms with Gasteiger partial charge in [-0.3, -0.25) is 9.36 Å². The molecule has 0 saturated carbocycles. The molecule has 2 heterocycles. The summed E-state index contributed by atoms with van der Waals surface area (Å²) in [6, 6.07) is 15.9. The number of nitrogens with two attached hydrogens (primary N) is 1. The molecule has 0 aliphatic carbocycles. The lowest BCUT2D eigenvalue weighted by Gasteiger charge is -2.15. The van der Waals surface area contributed by atoms with Crippen LogP contribution in [0.4, 0.5) is 4.39 Å². The minimum atomic E-state index is -0.606. The molecule has 0 spiro atoms. The lowest BCUT2D eigenvalue weighted by Crippen LogP contribution is -2.19. The first-order valence-corrected chi connectivity index (χ1v) is 8.47. The number of fused-ring (bicyclic) bond motifs is 1. The molecule has 5 nitrogen and oxygen atoms in total. The molecule has 134 valence electrons. The summed E-state index contributed by atoms with van der Waals surface area (Å²) < 4.78 is 15.6. The Bertz CT molecular complexity index is 1200. The van der Waals surface area contributed by atoms with E-state index in [2.05, 4.69) is 9.97 Å². The summed E-state index contributed by atoms with van der Waals surface area (Å²) in [7, 11) is 0. The molecular formula is C21H17FN4O. The van der Waals surface area contributed by atoms with Gasteiger partial charge in [-0.1, -0.05) is 30.3 Å². The Morgan fingerprint density at radius 2 is 1.81 bits per heavy atom. The molecule has 0 radical (unpaired) electrons. The summed E-state index contributed by atoms with van der Waals surface area (Å²) in [6.45, 7) is 3.64. The van der Waals surface area contributed by atoms with Gasteiger partial charge in [0.25, 0.3) is 5.91 Å². The predicted octanol–water partition coefficient (Wildman–Crippen LogP) is 3.94. The second-order valence-corrected chi connectivity index (χ2v) is 6.39. The van der Waals surface area contributed by atoms with Gasteiger partial charge in [-0.15, -0.1) is 0 Å². The molecule has 0 aliphatic rings. The third-order valence-corrected chi connectivity index (χ3v) is 4.51. The largest absolute Gasteiger partial charge is 0.365 e. The molecule has 4 rings (SSSR count). The molecule has 27 heavy (non-hydrogen) atoms. The molecule has 0 aliphatic heterocycles. The third-order valence-electron chi connectivity index (χ3n) is 4.51. The van der Waals surface area contributed by atoms with E-state index in [-0.39, 0.29) is 11.4 Å². The van der Waals surface area contributed by atoms with Crippen LogP contribution < -0.4 is 5.73 Å². The van der Waals surface area contributed by atoms with Gasteiger partial charge < -0.3 is 5.73 Å². The van der Waals surface area contributed by atoms with Gasteiger partial charge >= 0.3 is 0 Å². The molecule has 0 unspecified atom stereocenters. The van der Waals surface area contributed by atoms with E-state index in [1.165, 1.54) is 12.1 Å². The maximum atomic E-state index is 13.7. The molecular weight excluding hydrogens is 343 g/mol. The highest BCUT2D eigenvalue weighted by molar-refractivity contribution is 5.98. The van der Waals surface area contributed by atoms with E-state index in [1.54, 1.807) is 19.1 Å². The van der Waals surface area contributed by atoms with Gasteiger partial charge in [0.2, 0.25) is 0 Å². The Hall–Kier alpha value is -3.54. The summed E-state index contributed by atoms with van der Waals surface area (Å²) in [5.74, 6) is -0.250. The summed E-state index contributed by atoms with van der Waals surface area (Å²) >= 11 is 0. The van der Waals surface area contributed by atoms with Crippen LogP contribution in [0.3, 0.4) is 0 Å². The first-order valence-electron chi connectivity index (χ1n) is 8.47. The van der Waals surface area contributed by atoms with Crippen molar-refractivity contribution in [2.45, 2.75) is 13.8 Å². The lowest BCUT2D eigenvalue weighted by molar-refractivity contribution is 0.0999. The number of halogens is 1. The van der Waals surface area contributed by atoms with Crippen molar-refractivity contribution in [2.75, 3.05) is 0 Å². The zero-order chi connectivity index (χ0) is 19.1. The number of amides is 1. The number of aryl methyl sites for hydroxylation is 2. The van der Waals surface area contributed by atoms with Crippen molar-refractivity contribution in [3.63, 3.8) is 0 Å². The van der Waals surface area contributed by atoms with Gasteiger partial charge in [0.1, 0.15) is 11.4 Å². The van der Waals surface area contributed by atoms with E-state index < -0.39 is 5.91 Å². The second kappa shape index (κ2) is 6.32. The van der Waals surface area contributed by atoms with E-state index in [4.69, 9.17) is 5.73 Å². The van der Waals surface area contributed by atoms with E-state index in [0.29, 0.717) is 22.9 Å². The fraction of sp³-hybridized carbons (Fsp3) is 0.0952.